The standard InChI is InChI=1S/C7H6ClN3/c8-4-6(5-9)7-2-1-3-10-11-7/h1-3,6H,4H2. The number of hydrogen-bond donors (Lipinski definition) is 0. The van der Waals surface area contributed by atoms with Crippen LogP contribution in [0.4, 0.5) is 0 Å². The molecule has 0 spiro atoms. The summed E-state index contributed by atoms with van der Waals surface area (Å²) in [6.45, 7) is 0. The molecule has 0 aliphatic carbocycles. The van der Waals surface area contributed by atoms with Crippen LogP contribution in [-0.2, 0) is 0 Å². The molecule has 0 N–H and O–H groups in total. The van der Waals surface area contributed by atoms with Crippen molar-refractivity contribution in [3.05, 3.63) is 24.0 Å². The lowest BCUT2D eigenvalue weighted by atomic mass is 10.1. The minimum absolute atomic E-state index is 0.259. The van der Waals surface area contributed by atoms with Gasteiger partial charge < -0.3 is 0 Å². The number of halogens is 1. The molecule has 1 heterocycles. The zero-order chi connectivity index (χ0) is 8.10. The fourth-order valence-electron chi connectivity index (χ4n) is 0.679. The van der Waals surface area contributed by atoms with Gasteiger partial charge in [-0.3, -0.25) is 0 Å². The summed E-state index contributed by atoms with van der Waals surface area (Å²) >= 11 is 5.51. The Hall–Kier alpha value is -1.14. The van der Waals surface area contributed by atoms with Gasteiger partial charge in [-0.1, -0.05) is 0 Å². The minimum atomic E-state index is -0.342. The molecule has 1 atom stereocenters. The van der Waals surface area contributed by atoms with Crippen molar-refractivity contribution < 1.29 is 0 Å². The number of nitrogens with zero attached hydrogens (tertiary/aromatic N) is 3. The smallest absolute Gasteiger partial charge is 0.104 e. The van der Waals surface area contributed by atoms with E-state index in [0.717, 1.165) is 0 Å². The van der Waals surface area contributed by atoms with Crippen molar-refractivity contribution in [2.24, 2.45) is 0 Å². The molecule has 0 saturated carbocycles. The monoisotopic (exact) mass is 167 g/mol. The molecule has 0 radical (unpaired) electrons. The van der Waals surface area contributed by atoms with Gasteiger partial charge in [0, 0.05) is 12.1 Å². The molecule has 3 nitrogen and oxygen atoms in total. The van der Waals surface area contributed by atoms with E-state index < -0.39 is 0 Å². The number of hydrogen-bond acceptors (Lipinski definition) is 3. The van der Waals surface area contributed by atoms with E-state index in [0.29, 0.717) is 5.69 Å². The lowest BCUT2D eigenvalue weighted by molar-refractivity contribution is 0.860. The quantitative estimate of drug-likeness (QED) is 0.625. The van der Waals surface area contributed by atoms with E-state index in [1.54, 1.807) is 18.3 Å². The third-order valence-electron chi connectivity index (χ3n) is 1.26. The number of rotatable bonds is 2. The first-order chi connectivity index (χ1) is 5.38. The Morgan fingerprint density at radius 3 is 3.00 bits per heavy atom. The third-order valence-corrected chi connectivity index (χ3v) is 1.57. The maximum absolute atomic E-state index is 8.58. The van der Waals surface area contributed by atoms with Crippen LogP contribution in [0.15, 0.2) is 18.3 Å². The molecule has 1 unspecified atom stereocenters. The lowest BCUT2D eigenvalue weighted by Crippen LogP contribution is -2.00. The Morgan fingerprint density at radius 2 is 2.55 bits per heavy atom. The van der Waals surface area contributed by atoms with Crippen molar-refractivity contribution >= 4 is 11.6 Å². The molecular weight excluding hydrogens is 162 g/mol. The molecule has 1 aromatic heterocycles. The molecule has 11 heavy (non-hydrogen) atoms. The van der Waals surface area contributed by atoms with Crippen LogP contribution >= 0.6 is 11.6 Å². The van der Waals surface area contributed by atoms with Crippen LogP contribution in [0.1, 0.15) is 11.6 Å². The van der Waals surface area contributed by atoms with Crippen molar-refractivity contribution in [2.45, 2.75) is 5.92 Å². The summed E-state index contributed by atoms with van der Waals surface area (Å²) in [7, 11) is 0. The zero-order valence-corrected chi connectivity index (χ0v) is 6.49. The fourth-order valence-corrected chi connectivity index (χ4v) is 0.906. The van der Waals surface area contributed by atoms with Crippen molar-refractivity contribution in [1.29, 1.82) is 5.26 Å². The summed E-state index contributed by atoms with van der Waals surface area (Å²) in [6.07, 6.45) is 1.56. The molecule has 0 amide bonds. The van der Waals surface area contributed by atoms with Crippen molar-refractivity contribution in [3.8, 4) is 6.07 Å². The molecule has 56 valence electrons. The Balaban J connectivity index is 2.85. The van der Waals surface area contributed by atoms with Crippen LogP contribution in [0.3, 0.4) is 0 Å². The summed E-state index contributed by atoms with van der Waals surface area (Å²) in [5, 5.41) is 16.0. The van der Waals surface area contributed by atoms with Gasteiger partial charge >= 0.3 is 0 Å². The summed E-state index contributed by atoms with van der Waals surface area (Å²) in [5.41, 5.74) is 0.630. The van der Waals surface area contributed by atoms with Gasteiger partial charge in [-0.05, 0) is 12.1 Å². The Bertz CT molecular complexity index is 254. The van der Waals surface area contributed by atoms with Crippen LogP contribution in [0, 0.1) is 11.3 Å². The maximum atomic E-state index is 8.58. The molecule has 0 fully saturated rings. The highest BCUT2D eigenvalue weighted by Crippen LogP contribution is 2.11. The van der Waals surface area contributed by atoms with Gasteiger partial charge in [0.1, 0.15) is 5.92 Å². The van der Waals surface area contributed by atoms with E-state index in [1.165, 1.54) is 0 Å². The third kappa shape index (κ3) is 1.89. The van der Waals surface area contributed by atoms with E-state index in [2.05, 4.69) is 10.2 Å². The van der Waals surface area contributed by atoms with Crippen molar-refractivity contribution in [3.63, 3.8) is 0 Å². The molecule has 0 bridgehead atoms. The van der Waals surface area contributed by atoms with Gasteiger partial charge in [0.2, 0.25) is 0 Å². The number of aromatic nitrogens is 2. The van der Waals surface area contributed by atoms with Crippen LogP contribution in [0.2, 0.25) is 0 Å². The highest BCUT2D eigenvalue weighted by Gasteiger charge is 2.09. The molecular formula is C7H6ClN3. The van der Waals surface area contributed by atoms with E-state index in [9.17, 15) is 0 Å². The van der Waals surface area contributed by atoms with E-state index in [-0.39, 0.29) is 11.8 Å². The second kappa shape index (κ2) is 3.89. The van der Waals surface area contributed by atoms with E-state index in [4.69, 9.17) is 16.9 Å². The van der Waals surface area contributed by atoms with Gasteiger partial charge in [0.25, 0.3) is 0 Å². The van der Waals surface area contributed by atoms with E-state index >= 15 is 0 Å². The summed E-state index contributed by atoms with van der Waals surface area (Å²) < 4.78 is 0. The predicted octanol–water partition coefficient (Wildman–Crippen LogP) is 1.32. The second-order valence-electron chi connectivity index (χ2n) is 1.98. The highest BCUT2D eigenvalue weighted by molar-refractivity contribution is 6.18. The Labute approximate surface area is 69.6 Å². The molecule has 0 saturated heterocycles. The molecule has 1 rings (SSSR count). The average Bonchev–Trinajstić information content (AvgIpc) is 2.09. The first-order valence-corrected chi connectivity index (χ1v) is 3.65. The lowest BCUT2D eigenvalue weighted by Gasteiger charge is -2.00. The number of nitriles is 1. The van der Waals surface area contributed by atoms with E-state index in [1.807, 2.05) is 6.07 Å². The molecule has 4 heteroatoms. The van der Waals surface area contributed by atoms with Gasteiger partial charge in [-0.2, -0.15) is 15.5 Å². The second-order valence-corrected chi connectivity index (χ2v) is 2.29. The van der Waals surface area contributed by atoms with Gasteiger partial charge in [0.05, 0.1) is 11.8 Å². The molecule has 0 aliphatic rings. The SMILES string of the molecule is N#CC(CCl)c1cccnn1. The first-order valence-electron chi connectivity index (χ1n) is 3.11. The van der Waals surface area contributed by atoms with Gasteiger partial charge in [-0.15, -0.1) is 11.6 Å². The minimum Gasteiger partial charge on any atom is -0.198 e. The van der Waals surface area contributed by atoms with Crippen LogP contribution < -0.4 is 0 Å². The van der Waals surface area contributed by atoms with Gasteiger partial charge in [-0.25, -0.2) is 0 Å². The first kappa shape index (κ1) is 7.96. The average molecular weight is 168 g/mol. The topological polar surface area (TPSA) is 49.6 Å². The zero-order valence-electron chi connectivity index (χ0n) is 5.74. The van der Waals surface area contributed by atoms with Crippen LogP contribution in [0.25, 0.3) is 0 Å². The summed E-state index contributed by atoms with van der Waals surface area (Å²) in [5.74, 6) is -0.0831. The van der Waals surface area contributed by atoms with Crippen LogP contribution in [0.5, 0.6) is 0 Å². The van der Waals surface area contributed by atoms with Crippen LogP contribution in [-0.4, -0.2) is 16.1 Å². The molecule has 1 aromatic rings. The predicted molar refractivity (Wildman–Crippen MR) is 41.1 cm³/mol. The van der Waals surface area contributed by atoms with Gasteiger partial charge in [0.15, 0.2) is 0 Å². The number of alkyl halides is 1. The molecule has 0 aliphatic heterocycles. The fraction of sp³-hybridized carbons (Fsp3) is 0.286. The molecule has 0 aromatic carbocycles. The Kier molecular flexibility index (Phi) is 2.82. The normalized spacial score (nSPS) is 12.0. The summed E-state index contributed by atoms with van der Waals surface area (Å²) in [6, 6.07) is 5.51. The highest BCUT2D eigenvalue weighted by atomic mass is 35.5. The Morgan fingerprint density at radius 1 is 1.73 bits per heavy atom. The van der Waals surface area contributed by atoms with Crippen molar-refractivity contribution in [1.82, 2.24) is 10.2 Å². The maximum Gasteiger partial charge on any atom is 0.104 e. The largest absolute Gasteiger partial charge is 0.198 e. The summed E-state index contributed by atoms with van der Waals surface area (Å²) in [4.78, 5) is 0. The van der Waals surface area contributed by atoms with Crippen molar-refractivity contribution in [2.75, 3.05) is 5.88 Å².